The highest BCUT2D eigenvalue weighted by atomic mass is 35.5. The molecule has 0 saturated carbocycles. The first-order valence-electron chi connectivity index (χ1n) is 5.84. The van der Waals surface area contributed by atoms with E-state index in [1.54, 1.807) is 0 Å². The minimum Gasteiger partial charge on any atom is -0.350 e. The van der Waals surface area contributed by atoms with Crippen LogP contribution in [0.3, 0.4) is 0 Å². The Balaban J connectivity index is 1.75. The van der Waals surface area contributed by atoms with Crippen molar-refractivity contribution >= 4 is 28.8 Å². The molecule has 2 aromatic heterocycles. The molecule has 19 heavy (non-hydrogen) atoms. The van der Waals surface area contributed by atoms with E-state index in [4.69, 9.17) is 11.6 Å². The monoisotopic (exact) mass is 299 g/mol. The summed E-state index contributed by atoms with van der Waals surface area (Å²) in [6.07, 6.45) is 0.806. The van der Waals surface area contributed by atoms with Crippen LogP contribution in [0.2, 0.25) is 4.47 Å². The van der Waals surface area contributed by atoms with E-state index in [-0.39, 0.29) is 15.4 Å². The number of nitrogens with zero attached hydrogens (tertiary/aromatic N) is 4. The second-order valence-electron chi connectivity index (χ2n) is 4.12. The third-order valence-corrected chi connectivity index (χ3v) is 3.55. The molecule has 0 saturated heterocycles. The summed E-state index contributed by atoms with van der Waals surface area (Å²) in [5, 5.41) is 14.7. The van der Waals surface area contributed by atoms with E-state index in [0.29, 0.717) is 6.54 Å². The Kier molecular flexibility index (Phi) is 4.49. The summed E-state index contributed by atoms with van der Waals surface area (Å²) in [5.41, 5.74) is 2.13. The number of carbonyl (C=O) groups excluding carboxylic acids is 1. The molecule has 1 N–H and O–H groups in total. The normalized spacial score (nSPS) is 10.7. The van der Waals surface area contributed by atoms with Gasteiger partial charge in [0, 0.05) is 18.8 Å². The van der Waals surface area contributed by atoms with Gasteiger partial charge in [0.2, 0.25) is 9.47 Å². The van der Waals surface area contributed by atoms with Crippen molar-refractivity contribution in [2.24, 2.45) is 0 Å². The molecule has 2 aromatic rings. The number of aromatic nitrogens is 4. The predicted octanol–water partition coefficient (Wildman–Crippen LogP) is 1.82. The largest absolute Gasteiger partial charge is 0.350 e. The third-order valence-electron chi connectivity index (χ3n) is 2.53. The number of halogens is 1. The van der Waals surface area contributed by atoms with E-state index in [9.17, 15) is 4.79 Å². The van der Waals surface area contributed by atoms with E-state index in [1.807, 2.05) is 24.6 Å². The lowest BCUT2D eigenvalue weighted by atomic mass is 10.4. The number of hydrogen-bond donors (Lipinski definition) is 1. The van der Waals surface area contributed by atoms with Gasteiger partial charge in [-0.05, 0) is 37.9 Å². The fraction of sp³-hybridized carbons (Fsp3) is 0.455. The van der Waals surface area contributed by atoms with Crippen molar-refractivity contribution in [2.75, 3.05) is 6.54 Å². The zero-order valence-electron chi connectivity index (χ0n) is 10.7. The van der Waals surface area contributed by atoms with Gasteiger partial charge in [-0.3, -0.25) is 9.48 Å². The lowest BCUT2D eigenvalue weighted by molar-refractivity contribution is 0.0951. The first-order chi connectivity index (χ1) is 9.06. The molecule has 0 atom stereocenters. The van der Waals surface area contributed by atoms with Gasteiger partial charge in [0.15, 0.2) is 0 Å². The van der Waals surface area contributed by atoms with Gasteiger partial charge >= 0.3 is 0 Å². The van der Waals surface area contributed by atoms with Crippen molar-refractivity contribution in [3.63, 3.8) is 0 Å². The highest BCUT2D eigenvalue weighted by molar-refractivity contribution is 7.17. The van der Waals surface area contributed by atoms with E-state index in [0.717, 1.165) is 35.7 Å². The van der Waals surface area contributed by atoms with Crippen molar-refractivity contribution in [3.05, 3.63) is 26.9 Å². The van der Waals surface area contributed by atoms with Crippen LogP contribution in [0.5, 0.6) is 0 Å². The summed E-state index contributed by atoms with van der Waals surface area (Å²) in [6, 6.07) is 2.03. The van der Waals surface area contributed by atoms with Crippen LogP contribution in [0.15, 0.2) is 6.07 Å². The Labute approximate surface area is 119 Å². The molecule has 0 unspecified atom stereocenters. The topological polar surface area (TPSA) is 72.7 Å². The Bertz CT molecular complexity index is 579. The van der Waals surface area contributed by atoms with Crippen LogP contribution in [-0.2, 0) is 6.54 Å². The number of amides is 1. The summed E-state index contributed by atoms with van der Waals surface area (Å²) in [7, 11) is 0. The van der Waals surface area contributed by atoms with Gasteiger partial charge in [-0.1, -0.05) is 11.3 Å². The molecule has 0 radical (unpaired) electrons. The smallest absolute Gasteiger partial charge is 0.282 e. The van der Waals surface area contributed by atoms with Crippen LogP contribution in [0.1, 0.15) is 27.6 Å². The Morgan fingerprint density at radius 2 is 2.26 bits per heavy atom. The summed E-state index contributed by atoms with van der Waals surface area (Å²) in [6.45, 7) is 5.32. The van der Waals surface area contributed by atoms with Gasteiger partial charge < -0.3 is 5.32 Å². The fourth-order valence-corrected chi connectivity index (χ4v) is 2.45. The number of rotatable bonds is 5. The van der Waals surface area contributed by atoms with Crippen LogP contribution >= 0.6 is 22.9 Å². The van der Waals surface area contributed by atoms with Crippen LogP contribution in [0, 0.1) is 13.8 Å². The average molecular weight is 300 g/mol. The molecule has 0 aromatic carbocycles. The van der Waals surface area contributed by atoms with E-state index in [2.05, 4.69) is 20.6 Å². The van der Waals surface area contributed by atoms with Gasteiger partial charge in [-0.25, -0.2) is 0 Å². The molecule has 8 heteroatoms. The Hall–Kier alpha value is -1.47. The maximum absolute atomic E-state index is 11.7. The van der Waals surface area contributed by atoms with E-state index >= 15 is 0 Å². The van der Waals surface area contributed by atoms with Crippen LogP contribution in [0.25, 0.3) is 0 Å². The summed E-state index contributed by atoms with van der Waals surface area (Å²) in [4.78, 5) is 11.7. The molecule has 0 fully saturated rings. The zero-order valence-corrected chi connectivity index (χ0v) is 12.3. The van der Waals surface area contributed by atoms with Gasteiger partial charge in [-0.15, -0.1) is 10.2 Å². The van der Waals surface area contributed by atoms with Crippen molar-refractivity contribution in [1.82, 2.24) is 25.3 Å². The molecule has 0 aliphatic heterocycles. The first-order valence-corrected chi connectivity index (χ1v) is 7.04. The molecule has 0 aliphatic rings. The molecule has 0 aliphatic carbocycles. The summed E-state index contributed by atoms with van der Waals surface area (Å²) < 4.78 is 2.20. The minimum atomic E-state index is -0.238. The second-order valence-corrected chi connectivity index (χ2v) is 5.68. The maximum Gasteiger partial charge on any atom is 0.282 e. The molecule has 2 heterocycles. The van der Waals surface area contributed by atoms with Crippen molar-refractivity contribution in [1.29, 1.82) is 0 Å². The second kappa shape index (κ2) is 6.12. The first kappa shape index (κ1) is 14.0. The number of nitrogens with one attached hydrogen (secondary N) is 1. The van der Waals surface area contributed by atoms with Crippen molar-refractivity contribution < 1.29 is 4.79 Å². The van der Waals surface area contributed by atoms with Crippen LogP contribution in [-0.4, -0.2) is 32.4 Å². The molecule has 102 valence electrons. The van der Waals surface area contributed by atoms with Gasteiger partial charge in [0.05, 0.1) is 5.69 Å². The van der Waals surface area contributed by atoms with Gasteiger partial charge in [0.25, 0.3) is 5.91 Å². The predicted molar refractivity (Wildman–Crippen MR) is 73.6 cm³/mol. The van der Waals surface area contributed by atoms with E-state index in [1.165, 1.54) is 0 Å². The zero-order chi connectivity index (χ0) is 13.8. The summed E-state index contributed by atoms with van der Waals surface area (Å²) in [5.74, 6) is -0.238. The van der Waals surface area contributed by atoms with Gasteiger partial charge in [-0.2, -0.15) is 5.10 Å². The third kappa shape index (κ3) is 3.74. The Morgan fingerprint density at radius 1 is 1.47 bits per heavy atom. The number of carbonyl (C=O) groups is 1. The average Bonchev–Trinajstić information content (AvgIpc) is 2.91. The molecule has 6 nitrogen and oxygen atoms in total. The standard InChI is InChI=1S/C11H14ClN5OS/c1-7-6-8(2)17(16-7)5-3-4-13-9(18)10-14-15-11(12)19-10/h6H,3-5H2,1-2H3,(H,13,18). The maximum atomic E-state index is 11.7. The SMILES string of the molecule is Cc1cc(C)n(CCCNC(=O)c2nnc(Cl)s2)n1. The Morgan fingerprint density at radius 3 is 2.84 bits per heavy atom. The number of hydrogen-bond acceptors (Lipinski definition) is 5. The highest BCUT2D eigenvalue weighted by Crippen LogP contribution is 2.14. The summed E-state index contributed by atoms with van der Waals surface area (Å²) >= 11 is 6.69. The minimum absolute atomic E-state index is 0.238. The highest BCUT2D eigenvalue weighted by Gasteiger charge is 2.11. The fourth-order valence-electron chi connectivity index (χ4n) is 1.70. The lowest BCUT2D eigenvalue weighted by Crippen LogP contribution is -2.25. The van der Waals surface area contributed by atoms with E-state index < -0.39 is 0 Å². The quantitative estimate of drug-likeness (QED) is 0.855. The molecule has 0 spiro atoms. The molecule has 1 amide bonds. The molecule has 2 rings (SSSR count). The van der Waals surface area contributed by atoms with Crippen molar-refractivity contribution in [2.45, 2.75) is 26.8 Å². The van der Waals surface area contributed by atoms with Gasteiger partial charge in [0.1, 0.15) is 0 Å². The van der Waals surface area contributed by atoms with Crippen LogP contribution < -0.4 is 5.32 Å². The van der Waals surface area contributed by atoms with Crippen LogP contribution in [0.4, 0.5) is 0 Å². The van der Waals surface area contributed by atoms with Crippen molar-refractivity contribution in [3.8, 4) is 0 Å². The lowest BCUT2D eigenvalue weighted by Gasteiger charge is -2.05. The number of aryl methyl sites for hydroxylation is 3. The molecule has 0 bridgehead atoms. The molecular formula is C11H14ClN5OS. The molecular weight excluding hydrogens is 286 g/mol.